The zero-order chi connectivity index (χ0) is 15.4. The lowest BCUT2D eigenvalue weighted by Crippen LogP contribution is -2.46. The zero-order valence-electron chi connectivity index (χ0n) is 11.9. The topological polar surface area (TPSA) is 69.6 Å². The van der Waals surface area contributed by atoms with Crippen LogP contribution in [0.4, 0.5) is 5.69 Å². The van der Waals surface area contributed by atoms with E-state index in [1.807, 2.05) is 11.8 Å². The maximum Gasteiger partial charge on any atom is 0.306 e. The molecule has 1 aromatic rings. The first-order valence-electron chi connectivity index (χ1n) is 6.98. The van der Waals surface area contributed by atoms with Gasteiger partial charge in [-0.15, -0.1) is 0 Å². The molecule has 0 saturated carbocycles. The number of carboxylic acid groups (broad SMARTS) is 1. The van der Waals surface area contributed by atoms with Gasteiger partial charge < -0.3 is 10.4 Å². The Morgan fingerprint density at radius 1 is 1.38 bits per heavy atom. The molecule has 0 spiro atoms. The summed E-state index contributed by atoms with van der Waals surface area (Å²) in [7, 11) is 0. The third-order valence-electron chi connectivity index (χ3n) is 3.84. The number of piperidine rings is 1. The maximum atomic E-state index is 12.0. The molecule has 21 heavy (non-hydrogen) atoms. The molecule has 0 aliphatic carbocycles. The molecule has 5 nitrogen and oxygen atoms in total. The minimum absolute atomic E-state index is 0.0933. The quantitative estimate of drug-likeness (QED) is 0.896. The van der Waals surface area contributed by atoms with Crippen LogP contribution in [0.5, 0.6) is 0 Å². The summed E-state index contributed by atoms with van der Waals surface area (Å²) in [5, 5.41) is 12.5. The number of anilines is 1. The van der Waals surface area contributed by atoms with Crippen molar-refractivity contribution in [2.45, 2.75) is 25.8 Å². The second-order valence-electron chi connectivity index (χ2n) is 5.43. The van der Waals surface area contributed by atoms with E-state index < -0.39 is 5.97 Å². The fourth-order valence-corrected chi connectivity index (χ4v) is 2.72. The van der Waals surface area contributed by atoms with Crippen molar-refractivity contribution >= 4 is 29.2 Å². The van der Waals surface area contributed by atoms with E-state index in [4.69, 9.17) is 16.7 Å². The number of hydrogen-bond acceptors (Lipinski definition) is 3. The number of amides is 1. The smallest absolute Gasteiger partial charge is 0.306 e. The summed E-state index contributed by atoms with van der Waals surface area (Å²) < 4.78 is 0. The Morgan fingerprint density at radius 2 is 2.05 bits per heavy atom. The van der Waals surface area contributed by atoms with Crippen molar-refractivity contribution in [1.29, 1.82) is 0 Å². The molecule has 1 fully saturated rings. The largest absolute Gasteiger partial charge is 0.481 e. The van der Waals surface area contributed by atoms with Crippen LogP contribution in [0.3, 0.4) is 0 Å². The molecule has 2 rings (SSSR count). The van der Waals surface area contributed by atoms with Gasteiger partial charge in [0, 0.05) is 16.8 Å². The van der Waals surface area contributed by atoms with Crippen LogP contribution in [-0.2, 0) is 9.59 Å². The Bertz CT molecular complexity index is 518. The van der Waals surface area contributed by atoms with Crippen molar-refractivity contribution in [1.82, 2.24) is 4.90 Å². The lowest BCUT2D eigenvalue weighted by Gasteiger charge is -2.35. The number of benzene rings is 1. The number of carbonyl (C=O) groups excluding carboxylic acids is 1. The van der Waals surface area contributed by atoms with Gasteiger partial charge in [0.1, 0.15) is 0 Å². The molecular formula is C15H19ClN2O3. The minimum Gasteiger partial charge on any atom is -0.481 e. The summed E-state index contributed by atoms with van der Waals surface area (Å²) in [6.07, 6.45) is 1.18. The van der Waals surface area contributed by atoms with E-state index >= 15 is 0 Å². The van der Waals surface area contributed by atoms with Crippen LogP contribution in [0.25, 0.3) is 0 Å². The van der Waals surface area contributed by atoms with E-state index in [0.717, 1.165) is 0 Å². The number of hydrogen-bond donors (Lipinski definition) is 2. The van der Waals surface area contributed by atoms with Crippen LogP contribution < -0.4 is 5.32 Å². The molecule has 1 heterocycles. The van der Waals surface area contributed by atoms with E-state index in [1.165, 1.54) is 0 Å². The van der Waals surface area contributed by atoms with Crippen LogP contribution in [-0.4, -0.2) is 41.0 Å². The lowest BCUT2D eigenvalue weighted by atomic mass is 9.92. The number of carbonyl (C=O) groups is 2. The van der Waals surface area contributed by atoms with Gasteiger partial charge in [-0.3, -0.25) is 14.5 Å². The molecule has 1 saturated heterocycles. The SMILES string of the molecule is CC1CC(C(=O)O)CCN1CC(=O)Nc1ccc(Cl)cc1. The Labute approximate surface area is 128 Å². The Morgan fingerprint density at radius 3 is 2.62 bits per heavy atom. The second kappa shape index (κ2) is 6.91. The monoisotopic (exact) mass is 310 g/mol. The third-order valence-corrected chi connectivity index (χ3v) is 4.09. The first-order valence-corrected chi connectivity index (χ1v) is 7.36. The number of aliphatic carboxylic acids is 1. The fourth-order valence-electron chi connectivity index (χ4n) is 2.60. The van der Waals surface area contributed by atoms with E-state index in [0.29, 0.717) is 30.1 Å². The molecule has 1 aliphatic rings. The van der Waals surface area contributed by atoms with Crippen LogP contribution in [0, 0.1) is 5.92 Å². The van der Waals surface area contributed by atoms with Crippen molar-refractivity contribution in [2.75, 3.05) is 18.4 Å². The molecule has 2 N–H and O–H groups in total. The van der Waals surface area contributed by atoms with Gasteiger partial charge in [0.25, 0.3) is 0 Å². The van der Waals surface area contributed by atoms with Gasteiger partial charge in [-0.05, 0) is 50.6 Å². The minimum atomic E-state index is -0.743. The third kappa shape index (κ3) is 4.44. The molecule has 0 bridgehead atoms. The highest BCUT2D eigenvalue weighted by atomic mass is 35.5. The molecule has 2 atom stereocenters. The number of nitrogens with zero attached hydrogens (tertiary/aromatic N) is 1. The number of likely N-dealkylation sites (tertiary alicyclic amines) is 1. The molecule has 6 heteroatoms. The molecule has 0 radical (unpaired) electrons. The van der Waals surface area contributed by atoms with Crippen molar-refractivity contribution in [3.05, 3.63) is 29.3 Å². The molecular weight excluding hydrogens is 292 g/mol. The summed E-state index contributed by atoms with van der Waals surface area (Å²) in [4.78, 5) is 25.0. The number of halogens is 1. The Balaban J connectivity index is 1.85. The lowest BCUT2D eigenvalue weighted by molar-refractivity contribution is -0.144. The predicted octanol–water partition coefficient (Wildman–Crippen LogP) is 2.46. The van der Waals surface area contributed by atoms with Gasteiger partial charge in [0.2, 0.25) is 5.91 Å². The van der Waals surface area contributed by atoms with E-state index in [-0.39, 0.29) is 24.4 Å². The highest BCUT2D eigenvalue weighted by molar-refractivity contribution is 6.30. The van der Waals surface area contributed by atoms with Crippen LogP contribution in [0.15, 0.2) is 24.3 Å². The van der Waals surface area contributed by atoms with Crippen LogP contribution >= 0.6 is 11.6 Å². The van der Waals surface area contributed by atoms with Crippen molar-refractivity contribution in [2.24, 2.45) is 5.92 Å². The van der Waals surface area contributed by atoms with Gasteiger partial charge >= 0.3 is 5.97 Å². The van der Waals surface area contributed by atoms with Crippen molar-refractivity contribution < 1.29 is 14.7 Å². The van der Waals surface area contributed by atoms with Crippen molar-refractivity contribution in [3.8, 4) is 0 Å². The summed E-state index contributed by atoms with van der Waals surface area (Å²) >= 11 is 5.79. The van der Waals surface area contributed by atoms with Gasteiger partial charge in [-0.1, -0.05) is 11.6 Å². The van der Waals surface area contributed by atoms with Gasteiger partial charge in [0.15, 0.2) is 0 Å². The molecule has 2 unspecified atom stereocenters. The first kappa shape index (κ1) is 15.8. The summed E-state index contributed by atoms with van der Waals surface area (Å²) in [6.45, 7) is 2.87. The number of nitrogens with one attached hydrogen (secondary N) is 1. The normalized spacial score (nSPS) is 22.8. The summed E-state index contributed by atoms with van der Waals surface area (Å²) in [6, 6.07) is 7.03. The van der Waals surface area contributed by atoms with Crippen LogP contribution in [0.1, 0.15) is 19.8 Å². The maximum absolute atomic E-state index is 12.0. The molecule has 114 valence electrons. The molecule has 1 amide bonds. The van der Waals surface area contributed by atoms with Gasteiger partial charge in [-0.25, -0.2) is 0 Å². The molecule has 1 aliphatic heterocycles. The van der Waals surface area contributed by atoms with E-state index in [9.17, 15) is 9.59 Å². The zero-order valence-corrected chi connectivity index (χ0v) is 12.6. The molecule has 0 aromatic heterocycles. The van der Waals surface area contributed by atoms with Crippen LogP contribution in [0.2, 0.25) is 5.02 Å². The number of carboxylic acids is 1. The standard InChI is InChI=1S/C15H19ClN2O3/c1-10-8-11(15(20)21)6-7-18(10)9-14(19)17-13-4-2-12(16)3-5-13/h2-5,10-11H,6-9H2,1H3,(H,17,19)(H,20,21). The Kier molecular flexibility index (Phi) is 5.20. The Hall–Kier alpha value is -1.59. The average Bonchev–Trinajstić information content (AvgIpc) is 2.43. The van der Waals surface area contributed by atoms with E-state index in [2.05, 4.69) is 5.32 Å². The van der Waals surface area contributed by atoms with E-state index in [1.54, 1.807) is 24.3 Å². The van der Waals surface area contributed by atoms with Gasteiger partial charge in [-0.2, -0.15) is 0 Å². The fraction of sp³-hybridized carbons (Fsp3) is 0.467. The highest BCUT2D eigenvalue weighted by Crippen LogP contribution is 2.23. The highest BCUT2D eigenvalue weighted by Gasteiger charge is 2.30. The first-order chi connectivity index (χ1) is 9.95. The average molecular weight is 311 g/mol. The predicted molar refractivity (Wildman–Crippen MR) is 81.5 cm³/mol. The number of rotatable bonds is 4. The summed E-state index contributed by atoms with van der Waals surface area (Å²) in [5.74, 6) is -1.14. The van der Waals surface area contributed by atoms with Gasteiger partial charge in [0.05, 0.1) is 12.5 Å². The molecule has 1 aromatic carbocycles. The van der Waals surface area contributed by atoms with Crippen molar-refractivity contribution in [3.63, 3.8) is 0 Å². The summed E-state index contributed by atoms with van der Waals surface area (Å²) in [5.41, 5.74) is 0.706. The second-order valence-corrected chi connectivity index (χ2v) is 5.87.